The van der Waals surface area contributed by atoms with Crippen molar-refractivity contribution in [1.29, 1.82) is 0 Å². The van der Waals surface area contributed by atoms with Gasteiger partial charge >= 0.3 is 0 Å². The summed E-state index contributed by atoms with van der Waals surface area (Å²) in [5.74, 6) is -3.35. The maximum atomic E-state index is 14.1. The van der Waals surface area contributed by atoms with Crippen molar-refractivity contribution in [1.82, 2.24) is 4.90 Å². The smallest absolute Gasteiger partial charge is 0.294 e. The van der Waals surface area contributed by atoms with Gasteiger partial charge in [-0.3, -0.25) is 19.3 Å². The molecule has 0 unspecified atom stereocenters. The summed E-state index contributed by atoms with van der Waals surface area (Å²) in [6.45, 7) is -0.856. The minimum Gasteiger partial charge on any atom is -0.493 e. The highest BCUT2D eigenvalue weighted by Crippen LogP contribution is 2.35. The highest BCUT2D eigenvalue weighted by atomic mass is 35.5. The summed E-state index contributed by atoms with van der Waals surface area (Å²) in [7, 11) is 1.42. The molecule has 1 aliphatic rings. The molecule has 3 amide bonds. The van der Waals surface area contributed by atoms with Gasteiger partial charge in [-0.15, -0.1) is 0 Å². The monoisotopic (exact) mass is 562 g/mol. The molecule has 1 aliphatic heterocycles. The zero-order valence-electron chi connectivity index (χ0n) is 19.6. The number of rotatable bonds is 8. The van der Waals surface area contributed by atoms with Crippen LogP contribution < -0.4 is 14.8 Å². The second-order valence-corrected chi connectivity index (χ2v) is 9.24. The van der Waals surface area contributed by atoms with Crippen LogP contribution in [0.25, 0.3) is 6.08 Å². The number of imide groups is 1. The van der Waals surface area contributed by atoms with Gasteiger partial charge in [-0.05, 0) is 59.8 Å². The molecule has 12 heteroatoms. The Morgan fingerprint density at radius 1 is 1.05 bits per heavy atom. The predicted octanol–water partition coefficient (Wildman–Crippen LogP) is 6.02. The van der Waals surface area contributed by atoms with Gasteiger partial charge in [-0.25, -0.2) is 13.2 Å². The maximum absolute atomic E-state index is 14.1. The molecule has 0 saturated carbocycles. The number of anilines is 1. The fourth-order valence-electron chi connectivity index (χ4n) is 3.43. The SMILES string of the molecule is COc1ccc(/C=C2/SC(=O)N(CC(=O)Nc3ccc(F)cc3F)C2=O)cc1OCc1c(F)cccc1Cl. The fraction of sp³-hybridized carbons (Fsp3) is 0.115. The number of carbonyl (C=O) groups excluding carboxylic acids is 3. The Bertz CT molecular complexity index is 1450. The second-order valence-electron chi connectivity index (χ2n) is 7.84. The predicted molar refractivity (Wildman–Crippen MR) is 136 cm³/mol. The van der Waals surface area contributed by atoms with Crippen LogP contribution in [0, 0.1) is 17.5 Å². The third-order valence-electron chi connectivity index (χ3n) is 5.30. The molecule has 1 saturated heterocycles. The van der Waals surface area contributed by atoms with Crippen molar-refractivity contribution < 1.29 is 37.0 Å². The molecule has 0 bridgehead atoms. The van der Waals surface area contributed by atoms with Gasteiger partial charge in [0.15, 0.2) is 11.5 Å². The van der Waals surface area contributed by atoms with E-state index in [2.05, 4.69) is 5.32 Å². The Kier molecular flexibility index (Phi) is 8.28. The number of benzene rings is 3. The number of nitrogens with zero attached hydrogens (tertiary/aromatic N) is 1. The van der Waals surface area contributed by atoms with Crippen LogP contribution in [0.3, 0.4) is 0 Å². The molecule has 38 heavy (non-hydrogen) atoms. The van der Waals surface area contributed by atoms with E-state index >= 15 is 0 Å². The summed E-state index contributed by atoms with van der Waals surface area (Å²) in [4.78, 5) is 38.3. The van der Waals surface area contributed by atoms with Gasteiger partial charge < -0.3 is 14.8 Å². The Morgan fingerprint density at radius 2 is 1.84 bits per heavy atom. The third kappa shape index (κ3) is 6.12. The van der Waals surface area contributed by atoms with Crippen molar-refractivity contribution in [3.63, 3.8) is 0 Å². The molecule has 4 rings (SSSR count). The summed E-state index contributed by atoms with van der Waals surface area (Å²) >= 11 is 6.67. The molecule has 0 radical (unpaired) electrons. The average molecular weight is 563 g/mol. The first-order valence-corrected chi connectivity index (χ1v) is 12.1. The van der Waals surface area contributed by atoms with Crippen LogP contribution >= 0.6 is 23.4 Å². The number of carbonyl (C=O) groups is 3. The lowest BCUT2D eigenvalue weighted by Gasteiger charge is -2.13. The molecule has 0 aliphatic carbocycles. The zero-order valence-corrected chi connectivity index (χ0v) is 21.2. The highest BCUT2D eigenvalue weighted by Gasteiger charge is 2.36. The number of nitrogens with one attached hydrogen (secondary N) is 1. The molecule has 1 fully saturated rings. The Labute approximate surface area is 224 Å². The third-order valence-corrected chi connectivity index (χ3v) is 6.56. The molecule has 1 heterocycles. The summed E-state index contributed by atoms with van der Waals surface area (Å²) in [6.07, 6.45) is 1.42. The molecule has 7 nitrogen and oxygen atoms in total. The number of halogens is 4. The van der Waals surface area contributed by atoms with E-state index in [1.165, 1.54) is 37.5 Å². The minimum absolute atomic E-state index is 0.0315. The van der Waals surface area contributed by atoms with Crippen LogP contribution in [0.15, 0.2) is 59.5 Å². The molecule has 1 N–H and O–H groups in total. The lowest BCUT2D eigenvalue weighted by Crippen LogP contribution is -2.36. The molecule has 0 aromatic heterocycles. The number of thioether (sulfide) groups is 1. The van der Waals surface area contributed by atoms with Crippen LogP contribution in [0.5, 0.6) is 11.5 Å². The minimum atomic E-state index is -0.998. The van der Waals surface area contributed by atoms with Crippen molar-refractivity contribution in [3.8, 4) is 11.5 Å². The van der Waals surface area contributed by atoms with E-state index < -0.39 is 41.0 Å². The van der Waals surface area contributed by atoms with Crippen molar-refractivity contribution >= 4 is 52.2 Å². The molecule has 3 aromatic rings. The van der Waals surface area contributed by atoms with Gasteiger partial charge in [0.1, 0.15) is 30.6 Å². The number of amides is 3. The van der Waals surface area contributed by atoms with Gasteiger partial charge in [0, 0.05) is 11.6 Å². The van der Waals surface area contributed by atoms with E-state index in [-0.39, 0.29) is 33.5 Å². The van der Waals surface area contributed by atoms with Gasteiger partial charge in [0.25, 0.3) is 11.1 Å². The standard InChI is InChI=1S/C26H18ClF3N2O5S/c1-36-21-8-5-14(9-22(21)37-13-16-17(27)3-2-4-18(16)29)10-23-25(34)32(26(35)38-23)12-24(33)31-20-7-6-15(28)11-19(20)30/h2-11H,12-13H2,1H3,(H,31,33)/b23-10+. The summed E-state index contributed by atoms with van der Waals surface area (Å²) in [5.41, 5.74) is 0.326. The van der Waals surface area contributed by atoms with E-state index in [0.29, 0.717) is 34.0 Å². The van der Waals surface area contributed by atoms with Crippen molar-refractivity contribution in [2.75, 3.05) is 19.0 Å². The highest BCUT2D eigenvalue weighted by molar-refractivity contribution is 8.18. The summed E-state index contributed by atoms with van der Waals surface area (Å²) < 4.78 is 52.0. The molecule has 3 aromatic carbocycles. The number of hydrogen-bond donors (Lipinski definition) is 1. The summed E-state index contributed by atoms with van der Waals surface area (Å²) in [5, 5.41) is 1.70. The van der Waals surface area contributed by atoms with Crippen molar-refractivity contribution in [2.45, 2.75) is 6.61 Å². The number of ether oxygens (including phenoxy) is 2. The topological polar surface area (TPSA) is 84.9 Å². The van der Waals surface area contributed by atoms with Gasteiger partial charge in [0.05, 0.1) is 22.7 Å². The van der Waals surface area contributed by atoms with Crippen LogP contribution in [-0.2, 0) is 16.2 Å². The van der Waals surface area contributed by atoms with E-state index in [0.717, 1.165) is 12.1 Å². The van der Waals surface area contributed by atoms with Crippen molar-refractivity contribution in [2.24, 2.45) is 0 Å². The summed E-state index contributed by atoms with van der Waals surface area (Å²) in [6, 6.07) is 11.5. The second kappa shape index (κ2) is 11.6. The van der Waals surface area contributed by atoms with Crippen LogP contribution in [0.2, 0.25) is 5.02 Å². The Hall–Kier alpha value is -3.96. The lowest BCUT2D eigenvalue weighted by atomic mass is 10.1. The van der Waals surface area contributed by atoms with E-state index in [4.69, 9.17) is 21.1 Å². The van der Waals surface area contributed by atoms with Crippen LogP contribution in [0.4, 0.5) is 23.7 Å². The number of methoxy groups -OCH3 is 1. The van der Waals surface area contributed by atoms with Crippen molar-refractivity contribution in [3.05, 3.63) is 93.1 Å². The van der Waals surface area contributed by atoms with E-state index in [1.807, 2.05) is 0 Å². The van der Waals surface area contributed by atoms with Gasteiger partial charge in [-0.2, -0.15) is 0 Å². The molecular weight excluding hydrogens is 545 g/mol. The average Bonchev–Trinajstić information content (AvgIpc) is 3.13. The van der Waals surface area contributed by atoms with Crippen LogP contribution in [-0.4, -0.2) is 35.6 Å². The van der Waals surface area contributed by atoms with Gasteiger partial charge in [-0.1, -0.05) is 23.7 Å². The zero-order chi connectivity index (χ0) is 27.4. The number of hydrogen-bond acceptors (Lipinski definition) is 6. The first-order chi connectivity index (χ1) is 18.2. The molecule has 0 spiro atoms. The first kappa shape index (κ1) is 27.1. The molecule has 0 atom stereocenters. The first-order valence-electron chi connectivity index (χ1n) is 10.9. The Morgan fingerprint density at radius 3 is 2.55 bits per heavy atom. The molecule has 196 valence electrons. The molecular formula is C26H18ClF3N2O5S. The maximum Gasteiger partial charge on any atom is 0.294 e. The Balaban J connectivity index is 1.48. The van der Waals surface area contributed by atoms with Gasteiger partial charge in [0.2, 0.25) is 5.91 Å². The quantitative estimate of drug-likeness (QED) is 0.338. The lowest BCUT2D eigenvalue weighted by molar-refractivity contribution is -0.127. The van der Waals surface area contributed by atoms with E-state index in [1.54, 1.807) is 12.1 Å². The van der Waals surface area contributed by atoms with E-state index in [9.17, 15) is 27.6 Å². The fourth-order valence-corrected chi connectivity index (χ4v) is 4.48. The van der Waals surface area contributed by atoms with Crippen LogP contribution in [0.1, 0.15) is 11.1 Å². The largest absolute Gasteiger partial charge is 0.493 e. The normalized spacial score (nSPS) is 14.2.